The van der Waals surface area contributed by atoms with Gasteiger partial charge in [0.1, 0.15) is 0 Å². The lowest BCUT2D eigenvalue weighted by Crippen LogP contribution is -2.05. The lowest BCUT2D eigenvalue weighted by atomic mass is 9.86. The summed E-state index contributed by atoms with van der Waals surface area (Å²) in [5.41, 5.74) is 8.65. The van der Waals surface area contributed by atoms with E-state index < -0.39 is 0 Å². The number of nitrogens with zero attached hydrogens (tertiary/aromatic N) is 2. The van der Waals surface area contributed by atoms with E-state index in [4.69, 9.17) is 9.98 Å². The number of aryl methyl sites for hydroxylation is 4. The molecule has 0 unspecified atom stereocenters. The molecule has 0 saturated heterocycles. The summed E-state index contributed by atoms with van der Waals surface area (Å²) < 4.78 is 0. The molecule has 0 amide bonds. The van der Waals surface area contributed by atoms with E-state index in [-0.39, 0.29) is 0 Å². The summed E-state index contributed by atoms with van der Waals surface area (Å²) in [5, 5.41) is 5.49. The Hall–Kier alpha value is -3.26. The van der Waals surface area contributed by atoms with Gasteiger partial charge in [0.15, 0.2) is 0 Å². The largest absolute Gasteiger partial charge is 0.291 e. The van der Waals surface area contributed by atoms with Gasteiger partial charge in [0, 0.05) is 23.6 Å². The molecule has 0 bridgehead atoms. The smallest absolute Gasteiger partial charge is 0.0585 e. The molecule has 4 aromatic rings. The van der Waals surface area contributed by atoms with Crippen LogP contribution in [0.2, 0.25) is 0 Å². The van der Waals surface area contributed by atoms with E-state index in [0.717, 1.165) is 0 Å². The fraction of sp³-hybridized carbons (Fsp3) is 0.312. The summed E-state index contributed by atoms with van der Waals surface area (Å²) in [6.07, 6.45) is 14.2. The Labute approximate surface area is 202 Å². The summed E-state index contributed by atoms with van der Waals surface area (Å²) in [6, 6.07) is 22.4. The number of aliphatic imine (C=N–C) groups is 2. The summed E-state index contributed by atoms with van der Waals surface area (Å²) in [5.74, 6) is 0. The SMILES string of the molecule is C(=NCCN=Cc1cc2c(c3ccccc13)CCCC2)c1cc2c(c3ccccc13)CCCC2. The number of hydrogen-bond acceptors (Lipinski definition) is 2. The number of benzene rings is 4. The van der Waals surface area contributed by atoms with Crippen LogP contribution in [-0.2, 0) is 25.7 Å². The average Bonchev–Trinajstić information content (AvgIpc) is 2.90. The van der Waals surface area contributed by atoms with Crippen molar-refractivity contribution in [1.29, 1.82) is 0 Å². The summed E-state index contributed by atoms with van der Waals surface area (Å²) in [6.45, 7) is 1.43. The highest BCUT2D eigenvalue weighted by atomic mass is 14.8. The Balaban J connectivity index is 1.20. The molecule has 170 valence electrons. The molecule has 0 N–H and O–H groups in total. The van der Waals surface area contributed by atoms with Gasteiger partial charge in [-0.25, -0.2) is 0 Å². The van der Waals surface area contributed by atoms with E-state index in [1.807, 2.05) is 0 Å². The minimum Gasteiger partial charge on any atom is -0.291 e. The van der Waals surface area contributed by atoms with Crippen molar-refractivity contribution in [3.63, 3.8) is 0 Å². The fourth-order valence-electron chi connectivity index (χ4n) is 5.97. The molecule has 0 radical (unpaired) electrons. The van der Waals surface area contributed by atoms with Crippen LogP contribution in [0.5, 0.6) is 0 Å². The predicted octanol–water partition coefficient (Wildman–Crippen LogP) is 7.29. The Morgan fingerprint density at radius 1 is 0.529 bits per heavy atom. The van der Waals surface area contributed by atoms with Gasteiger partial charge in [-0.1, -0.05) is 48.5 Å². The molecule has 2 nitrogen and oxygen atoms in total. The van der Waals surface area contributed by atoms with Gasteiger partial charge in [0.25, 0.3) is 0 Å². The molecule has 0 fully saturated rings. The molecule has 0 spiro atoms. The molecule has 4 aromatic carbocycles. The van der Waals surface area contributed by atoms with Crippen molar-refractivity contribution in [2.45, 2.75) is 51.4 Å². The third-order valence-corrected chi connectivity index (χ3v) is 7.63. The van der Waals surface area contributed by atoms with Crippen LogP contribution in [0.25, 0.3) is 21.5 Å². The lowest BCUT2D eigenvalue weighted by Gasteiger charge is -2.19. The molecule has 0 aliphatic heterocycles. The molecule has 2 aliphatic carbocycles. The van der Waals surface area contributed by atoms with Crippen LogP contribution in [0, 0.1) is 0 Å². The first-order valence-electron chi connectivity index (χ1n) is 12.9. The second-order valence-electron chi connectivity index (χ2n) is 9.78. The van der Waals surface area contributed by atoms with Crippen LogP contribution in [-0.4, -0.2) is 25.5 Å². The van der Waals surface area contributed by atoms with E-state index in [9.17, 15) is 0 Å². The van der Waals surface area contributed by atoms with Crippen molar-refractivity contribution in [1.82, 2.24) is 0 Å². The Bertz CT molecular complexity index is 1300. The van der Waals surface area contributed by atoms with E-state index in [2.05, 4.69) is 73.1 Å². The molecule has 0 heterocycles. The van der Waals surface area contributed by atoms with Crippen LogP contribution >= 0.6 is 0 Å². The molecular weight excluding hydrogens is 412 g/mol. The van der Waals surface area contributed by atoms with E-state index >= 15 is 0 Å². The standard InChI is InChI=1S/C32H32N2/c1-3-11-27-23(9-1)19-25(29-13-5-7-15-31(27)29)21-33-17-18-34-22-26-20-24-10-2-4-12-28(24)32-16-8-6-14-30(26)32/h5-8,13-16,19-22H,1-4,9-12,17-18H2. The highest BCUT2D eigenvalue weighted by Crippen LogP contribution is 2.32. The number of hydrogen-bond donors (Lipinski definition) is 0. The number of rotatable bonds is 5. The Kier molecular flexibility index (Phi) is 5.97. The Morgan fingerprint density at radius 2 is 0.941 bits per heavy atom. The molecule has 34 heavy (non-hydrogen) atoms. The third-order valence-electron chi connectivity index (χ3n) is 7.63. The molecule has 2 heteroatoms. The molecule has 0 aromatic heterocycles. The van der Waals surface area contributed by atoms with E-state index in [1.165, 1.54) is 95.2 Å². The van der Waals surface area contributed by atoms with E-state index in [1.54, 1.807) is 11.1 Å². The first-order chi connectivity index (χ1) is 16.9. The average molecular weight is 445 g/mol. The van der Waals surface area contributed by atoms with Crippen molar-refractivity contribution in [3.05, 3.63) is 94.0 Å². The van der Waals surface area contributed by atoms with Gasteiger partial charge in [0.05, 0.1) is 13.1 Å². The summed E-state index contributed by atoms with van der Waals surface area (Å²) in [4.78, 5) is 9.53. The maximum Gasteiger partial charge on any atom is 0.0585 e. The van der Waals surface area contributed by atoms with E-state index in [0.29, 0.717) is 13.1 Å². The second-order valence-corrected chi connectivity index (χ2v) is 9.78. The molecular formula is C32H32N2. The van der Waals surface area contributed by atoms with Crippen molar-refractivity contribution >= 4 is 34.0 Å². The molecule has 0 atom stereocenters. The summed E-state index contributed by atoms with van der Waals surface area (Å²) >= 11 is 0. The van der Waals surface area contributed by atoms with Crippen molar-refractivity contribution in [2.75, 3.05) is 13.1 Å². The highest BCUT2D eigenvalue weighted by Gasteiger charge is 2.15. The van der Waals surface area contributed by atoms with Gasteiger partial charge < -0.3 is 0 Å². The van der Waals surface area contributed by atoms with Crippen molar-refractivity contribution in [3.8, 4) is 0 Å². The van der Waals surface area contributed by atoms with Crippen LogP contribution in [0.3, 0.4) is 0 Å². The van der Waals surface area contributed by atoms with Crippen LogP contribution in [0.1, 0.15) is 59.1 Å². The number of fused-ring (bicyclic) bond motifs is 6. The van der Waals surface area contributed by atoms with Gasteiger partial charge in [-0.05, 0) is 107 Å². The highest BCUT2D eigenvalue weighted by molar-refractivity contribution is 6.03. The predicted molar refractivity (Wildman–Crippen MR) is 146 cm³/mol. The maximum atomic E-state index is 4.77. The van der Waals surface area contributed by atoms with Gasteiger partial charge in [-0.3, -0.25) is 9.98 Å². The third kappa shape index (κ3) is 4.07. The first-order valence-corrected chi connectivity index (χ1v) is 12.9. The zero-order valence-electron chi connectivity index (χ0n) is 19.9. The molecule has 2 aliphatic rings. The van der Waals surface area contributed by atoms with Crippen molar-refractivity contribution < 1.29 is 0 Å². The lowest BCUT2D eigenvalue weighted by molar-refractivity contribution is 0.690. The van der Waals surface area contributed by atoms with Crippen molar-refractivity contribution in [2.24, 2.45) is 9.98 Å². The monoisotopic (exact) mass is 444 g/mol. The maximum absolute atomic E-state index is 4.77. The first kappa shape index (κ1) is 21.3. The minimum absolute atomic E-state index is 0.713. The second kappa shape index (κ2) is 9.54. The van der Waals surface area contributed by atoms with Gasteiger partial charge in [-0.15, -0.1) is 0 Å². The zero-order chi connectivity index (χ0) is 22.7. The van der Waals surface area contributed by atoms with Gasteiger partial charge in [-0.2, -0.15) is 0 Å². The quantitative estimate of drug-likeness (QED) is 0.228. The summed E-state index contributed by atoms with van der Waals surface area (Å²) in [7, 11) is 0. The van der Waals surface area contributed by atoms with Crippen LogP contribution in [0.4, 0.5) is 0 Å². The van der Waals surface area contributed by atoms with Gasteiger partial charge >= 0.3 is 0 Å². The molecule has 6 rings (SSSR count). The zero-order valence-corrected chi connectivity index (χ0v) is 19.9. The fourth-order valence-corrected chi connectivity index (χ4v) is 5.97. The normalized spacial score (nSPS) is 15.9. The minimum atomic E-state index is 0.713. The Morgan fingerprint density at radius 3 is 1.41 bits per heavy atom. The van der Waals surface area contributed by atoms with Gasteiger partial charge in [0.2, 0.25) is 0 Å². The molecule has 0 saturated carbocycles. The van der Waals surface area contributed by atoms with Crippen LogP contribution in [0.15, 0.2) is 70.6 Å². The topological polar surface area (TPSA) is 24.7 Å². The van der Waals surface area contributed by atoms with Crippen LogP contribution < -0.4 is 0 Å².